The van der Waals surface area contributed by atoms with E-state index in [1.54, 1.807) is 19.2 Å². The highest BCUT2D eigenvalue weighted by Gasteiger charge is 2.14. The van der Waals surface area contributed by atoms with Gasteiger partial charge in [0.1, 0.15) is 5.75 Å². The number of carbonyl (C=O) groups is 2. The van der Waals surface area contributed by atoms with Crippen LogP contribution in [0.25, 0.3) is 0 Å². The number of para-hydroxylation sites is 1. The lowest BCUT2D eigenvalue weighted by Crippen LogP contribution is -2.35. The quantitative estimate of drug-likeness (QED) is 0.853. The van der Waals surface area contributed by atoms with Crippen LogP contribution in [0.5, 0.6) is 5.75 Å². The summed E-state index contributed by atoms with van der Waals surface area (Å²) < 4.78 is 5.21. The van der Waals surface area contributed by atoms with Crippen molar-refractivity contribution in [2.45, 2.75) is 20.4 Å². The smallest absolute Gasteiger partial charge is 0.313 e. The molecule has 0 saturated heterocycles. The molecule has 0 heterocycles. The number of carbonyl (C=O) groups excluding carboxylic acids is 2. The zero-order valence-corrected chi connectivity index (χ0v) is 13.5. The minimum atomic E-state index is -0.692. The van der Waals surface area contributed by atoms with Crippen LogP contribution in [0, 0.1) is 13.8 Å². The van der Waals surface area contributed by atoms with Gasteiger partial charge in [0, 0.05) is 17.8 Å². The highest BCUT2D eigenvalue weighted by molar-refractivity contribution is 6.39. The molecule has 0 bridgehead atoms. The largest absolute Gasteiger partial charge is 0.496 e. The van der Waals surface area contributed by atoms with Crippen molar-refractivity contribution in [1.29, 1.82) is 0 Å². The first-order chi connectivity index (χ1) is 11.0. The molecule has 2 aromatic carbocycles. The first kappa shape index (κ1) is 16.5. The van der Waals surface area contributed by atoms with Crippen LogP contribution in [-0.2, 0) is 16.1 Å². The number of rotatable bonds is 4. The highest BCUT2D eigenvalue weighted by atomic mass is 16.5. The number of ether oxygens (including phenoxy) is 1. The number of anilines is 1. The lowest BCUT2D eigenvalue weighted by Gasteiger charge is -2.10. The van der Waals surface area contributed by atoms with E-state index in [4.69, 9.17) is 4.74 Å². The third-order valence-corrected chi connectivity index (χ3v) is 3.60. The van der Waals surface area contributed by atoms with Crippen LogP contribution in [0.1, 0.15) is 16.7 Å². The molecular weight excluding hydrogens is 292 g/mol. The predicted molar refractivity (Wildman–Crippen MR) is 89.4 cm³/mol. The number of hydrogen-bond donors (Lipinski definition) is 2. The maximum Gasteiger partial charge on any atom is 0.313 e. The Labute approximate surface area is 135 Å². The van der Waals surface area contributed by atoms with Gasteiger partial charge in [-0.1, -0.05) is 24.3 Å². The SMILES string of the molecule is COc1ccccc1CNC(=O)C(=O)Nc1ccc(C)c(C)c1. The summed E-state index contributed by atoms with van der Waals surface area (Å²) in [5.74, 6) is -0.709. The molecule has 2 N–H and O–H groups in total. The van der Waals surface area contributed by atoms with E-state index in [1.807, 2.05) is 44.2 Å². The average molecular weight is 312 g/mol. The maximum absolute atomic E-state index is 11.9. The summed E-state index contributed by atoms with van der Waals surface area (Å²) in [5.41, 5.74) is 3.59. The first-order valence-corrected chi connectivity index (χ1v) is 7.29. The minimum absolute atomic E-state index is 0.225. The van der Waals surface area contributed by atoms with E-state index in [1.165, 1.54) is 0 Å². The molecule has 5 heteroatoms. The monoisotopic (exact) mass is 312 g/mol. The maximum atomic E-state index is 11.9. The second-order valence-corrected chi connectivity index (χ2v) is 5.25. The Kier molecular flexibility index (Phi) is 5.36. The lowest BCUT2D eigenvalue weighted by atomic mass is 10.1. The zero-order chi connectivity index (χ0) is 16.8. The Morgan fingerprint density at radius 3 is 2.43 bits per heavy atom. The zero-order valence-electron chi connectivity index (χ0n) is 13.5. The van der Waals surface area contributed by atoms with Gasteiger partial charge in [-0.3, -0.25) is 9.59 Å². The van der Waals surface area contributed by atoms with E-state index in [9.17, 15) is 9.59 Å². The van der Waals surface area contributed by atoms with Crippen molar-refractivity contribution in [2.75, 3.05) is 12.4 Å². The molecule has 0 aliphatic heterocycles. The number of aryl methyl sites for hydroxylation is 2. The fourth-order valence-electron chi connectivity index (χ4n) is 2.11. The van der Waals surface area contributed by atoms with E-state index in [0.29, 0.717) is 11.4 Å². The van der Waals surface area contributed by atoms with Crippen molar-refractivity contribution in [3.05, 3.63) is 59.2 Å². The Morgan fingerprint density at radius 2 is 1.74 bits per heavy atom. The number of hydrogen-bond acceptors (Lipinski definition) is 3. The van der Waals surface area contributed by atoms with Crippen molar-refractivity contribution in [3.8, 4) is 5.75 Å². The fourth-order valence-corrected chi connectivity index (χ4v) is 2.11. The number of amides is 2. The summed E-state index contributed by atoms with van der Waals surface area (Å²) in [6, 6.07) is 12.8. The lowest BCUT2D eigenvalue weighted by molar-refractivity contribution is -0.136. The first-order valence-electron chi connectivity index (χ1n) is 7.29. The number of nitrogens with one attached hydrogen (secondary N) is 2. The molecule has 23 heavy (non-hydrogen) atoms. The van der Waals surface area contributed by atoms with Crippen LogP contribution < -0.4 is 15.4 Å². The minimum Gasteiger partial charge on any atom is -0.496 e. The molecule has 0 unspecified atom stereocenters. The average Bonchev–Trinajstić information content (AvgIpc) is 2.56. The molecular formula is C18H20N2O3. The number of benzene rings is 2. The summed E-state index contributed by atoms with van der Waals surface area (Å²) in [4.78, 5) is 23.8. The molecule has 0 aliphatic carbocycles. The third kappa shape index (κ3) is 4.32. The second kappa shape index (κ2) is 7.45. The summed E-state index contributed by atoms with van der Waals surface area (Å²) in [6.45, 7) is 4.16. The van der Waals surface area contributed by atoms with Crippen molar-refractivity contribution >= 4 is 17.5 Å². The summed E-state index contributed by atoms with van der Waals surface area (Å²) >= 11 is 0. The Bertz CT molecular complexity index is 726. The molecule has 0 aliphatic rings. The molecule has 0 saturated carbocycles. The Balaban J connectivity index is 1.95. The van der Waals surface area contributed by atoms with E-state index in [2.05, 4.69) is 10.6 Å². The Morgan fingerprint density at radius 1 is 1.00 bits per heavy atom. The van der Waals surface area contributed by atoms with Crippen LogP contribution >= 0.6 is 0 Å². The fraction of sp³-hybridized carbons (Fsp3) is 0.222. The van der Waals surface area contributed by atoms with Crippen LogP contribution in [-0.4, -0.2) is 18.9 Å². The topological polar surface area (TPSA) is 67.4 Å². The third-order valence-electron chi connectivity index (χ3n) is 3.60. The van der Waals surface area contributed by atoms with E-state index >= 15 is 0 Å². The highest BCUT2D eigenvalue weighted by Crippen LogP contribution is 2.17. The molecule has 0 radical (unpaired) electrons. The molecule has 120 valence electrons. The summed E-state index contributed by atoms with van der Waals surface area (Å²) in [6.07, 6.45) is 0. The molecule has 2 rings (SSSR count). The number of methoxy groups -OCH3 is 1. The molecule has 0 aromatic heterocycles. The normalized spacial score (nSPS) is 10.0. The van der Waals surface area contributed by atoms with Crippen LogP contribution in [0.2, 0.25) is 0 Å². The molecule has 0 spiro atoms. The van der Waals surface area contributed by atoms with Crippen molar-refractivity contribution in [3.63, 3.8) is 0 Å². The molecule has 0 atom stereocenters. The van der Waals surface area contributed by atoms with Gasteiger partial charge in [-0.25, -0.2) is 0 Å². The standard InChI is InChI=1S/C18H20N2O3/c1-12-8-9-15(10-13(12)2)20-18(22)17(21)19-11-14-6-4-5-7-16(14)23-3/h4-10H,11H2,1-3H3,(H,19,21)(H,20,22). The molecule has 2 amide bonds. The van der Waals surface area contributed by atoms with Crippen molar-refractivity contribution in [1.82, 2.24) is 5.32 Å². The van der Waals surface area contributed by atoms with E-state index < -0.39 is 11.8 Å². The van der Waals surface area contributed by atoms with Crippen molar-refractivity contribution < 1.29 is 14.3 Å². The predicted octanol–water partition coefficient (Wildman–Crippen LogP) is 2.57. The molecule has 0 fully saturated rings. The van der Waals surface area contributed by atoms with Gasteiger partial charge in [-0.05, 0) is 43.2 Å². The van der Waals surface area contributed by atoms with Gasteiger partial charge in [-0.2, -0.15) is 0 Å². The summed E-state index contributed by atoms with van der Waals surface area (Å²) in [5, 5.41) is 5.18. The van der Waals surface area contributed by atoms with Crippen molar-refractivity contribution in [2.24, 2.45) is 0 Å². The van der Waals surface area contributed by atoms with E-state index in [-0.39, 0.29) is 6.54 Å². The van der Waals surface area contributed by atoms with Gasteiger partial charge in [0.25, 0.3) is 0 Å². The summed E-state index contributed by atoms with van der Waals surface area (Å²) in [7, 11) is 1.56. The van der Waals surface area contributed by atoms with Gasteiger partial charge in [0.05, 0.1) is 7.11 Å². The van der Waals surface area contributed by atoms with E-state index in [0.717, 1.165) is 16.7 Å². The van der Waals surface area contributed by atoms with Gasteiger partial charge >= 0.3 is 11.8 Å². The van der Waals surface area contributed by atoms with Crippen LogP contribution in [0.3, 0.4) is 0 Å². The van der Waals surface area contributed by atoms with Gasteiger partial charge in [-0.15, -0.1) is 0 Å². The Hall–Kier alpha value is -2.82. The van der Waals surface area contributed by atoms with Gasteiger partial charge < -0.3 is 15.4 Å². The van der Waals surface area contributed by atoms with Crippen LogP contribution in [0.15, 0.2) is 42.5 Å². The van der Waals surface area contributed by atoms with Crippen LogP contribution in [0.4, 0.5) is 5.69 Å². The van der Waals surface area contributed by atoms with Gasteiger partial charge in [0.15, 0.2) is 0 Å². The molecule has 5 nitrogen and oxygen atoms in total. The second-order valence-electron chi connectivity index (χ2n) is 5.25. The van der Waals surface area contributed by atoms with Gasteiger partial charge in [0.2, 0.25) is 0 Å². The molecule has 2 aromatic rings.